The summed E-state index contributed by atoms with van der Waals surface area (Å²) in [6, 6.07) is 3.43. The fraction of sp³-hybridized carbons (Fsp3) is 0.462. The molecule has 2 heterocycles. The summed E-state index contributed by atoms with van der Waals surface area (Å²) in [4.78, 5) is 27.1. The second-order valence-corrected chi connectivity index (χ2v) is 4.47. The van der Waals surface area contributed by atoms with Crippen molar-refractivity contribution in [3.8, 4) is 0 Å². The zero-order valence-electron chi connectivity index (χ0n) is 10.9. The lowest BCUT2D eigenvalue weighted by Crippen LogP contribution is -2.38. The van der Waals surface area contributed by atoms with Crippen LogP contribution in [0, 0.1) is 0 Å². The predicted molar refractivity (Wildman–Crippen MR) is 71.9 cm³/mol. The SMILES string of the molecule is CCNc1cc(C(=O)NCC2CCC(=O)N2)ccn1. The van der Waals surface area contributed by atoms with Crippen molar-refractivity contribution >= 4 is 17.6 Å². The number of hydrogen-bond donors (Lipinski definition) is 3. The van der Waals surface area contributed by atoms with Gasteiger partial charge in [0.1, 0.15) is 5.82 Å². The molecule has 0 aliphatic carbocycles. The molecule has 0 spiro atoms. The standard InChI is InChI=1S/C13H18N4O2/c1-2-14-11-7-9(5-6-15-11)13(19)16-8-10-3-4-12(18)17-10/h5-7,10H,2-4,8H2,1H3,(H,14,15)(H,16,19)(H,17,18). The number of anilines is 1. The van der Waals surface area contributed by atoms with E-state index in [1.807, 2.05) is 6.92 Å². The number of nitrogens with zero attached hydrogens (tertiary/aromatic N) is 1. The van der Waals surface area contributed by atoms with Crippen LogP contribution < -0.4 is 16.0 Å². The highest BCUT2D eigenvalue weighted by molar-refractivity contribution is 5.94. The predicted octanol–water partition coefficient (Wildman–Crippen LogP) is 0.522. The molecule has 6 heteroatoms. The van der Waals surface area contributed by atoms with Crippen LogP contribution in [0.4, 0.5) is 5.82 Å². The van der Waals surface area contributed by atoms with Crippen molar-refractivity contribution in [3.63, 3.8) is 0 Å². The lowest BCUT2D eigenvalue weighted by Gasteiger charge is -2.11. The Kier molecular flexibility index (Phi) is 4.33. The first-order chi connectivity index (χ1) is 9.19. The Hall–Kier alpha value is -2.11. The maximum atomic E-state index is 12.0. The number of amides is 2. The average molecular weight is 262 g/mol. The number of nitrogens with one attached hydrogen (secondary N) is 3. The Balaban J connectivity index is 1.88. The van der Waals surface area contributed by atoms with Gasteiger partial charge in [-0.25, -0.2) is 4.98 Å². The summed E-state index contributed by atoms with van der Waals surface area (Å²) < 4.78 is 0. The summed E-state index contributed by atoms with van der Waals surface area (Å²) in [5.41, 5.74) is 0.565. The van der Waals surface area contributed by atoms with Crippen molar-refractivity contribution in [2.45, 2.75) is 25.8 Å². The Labute approximate surface area is 112 Å². The van der Waals surface area contributed by atoms with Crippen molar-refractivity contribution in [2.24, 2.45) is 0 Å². The second kappa shape index (κ2) is 6.17. The fourth-order valence-corrected chi connectivity index (χ4v) is 2.00. The highest BCUT2D eigenvalue weighted by atomic mass is 16.2. The van der Waals surface area contributed by atoms with Crippen molar-refractivity contribution in [1.82, 2.24) is 15.6 Å². The summed E-state index contributed by atoms with van der Waals surface area (Å²) in [6.45, 7) is 3.19. The van der Waals surface area contributed by atoms with E-state index < -0.39 is 0 Å². The normalized spacial score (nSPS) is 17.9. The van der Waals surface area contributed by atoms with Gasteiger partial charge in [-0.1, -0.05) is 0 Å². The number of rotatable bonds is 5. The van der Waals surface area contributed by atoms with E-state index in [0.717, 1.165) is 13.0 Å². The third kappa shape index (κ3) is 3.67. The molecule has 2 rings (SSSR count). The molecule has 102 valence electrons. The smallest absolute Gasteiger partial charge is 0.251 e. The topological polar surface area (TPSA) is 83.1 Å². The Bertz CT molecular complexity index is 475. The Morgan fingerprint density at radius 1 is 1.58 bits per heavy atom. The minimum Gasteiger partial charge on any atom is -0.370 e. The van der Waals surface area contributed by atoms with Crippen LogP contribution >= 0.6 is 0 Å². The van der Waals surface area contributed by atoms with Crippen LogP contribution in [0.25, 0.3) is 0 Å². The number of carbonyl (C=O) groups excluding carboxylic acids is 2. The van der Waals surface area contributed by atoms with E-state index in [2.05, 4.69) is 20.9 Å². The zero-order chi connectivity index (χ0) is 13.7. The van der Waals surface area contributed by atoms with E-state index in [9.17, 15) is 9.59 Å². The van der Waals surface area contributed by atoms with Gasteiger partial charge in [-0.3, -0.25) is 9.59 Å². The molecular weight excluding hydrogens is 244 g/mol. The summed E-state index contributed by atoms with van der Waals surface area (Å²) in [6.07, 6.45) is 2.92. The monoisotopic (exact) mass is 262 g/mol. The van der Waals surface area contributed by atoms with Crippen LogP contribution in [0.15, 0.2) is 18.3 Å². The lowest BCUT2D eigenvalue weighted by atomic mass is 10.2. The quantitative estimate of drug-likeness (QED) is 0.722. The molecule has 1 aliphatic rings. The molecule has 1 aromatic heterocycles. The number of carbonyl (C=O) groups is 2. The minimum atomic E-state index is -0.150. The second-order valence-electron chi connectivity index (χ2n) is 4.47. The zero-order valence-corrected chi connectivity index (χ0v) is 10.9. The van der Waals surface area contributed by atoms with E-state index in [4.69, 9.17) is 0 Å². The molecule has 1 atom stereocenters. The highest BCUT2D eigenvalue weighted by Gasteiger charge is 2.21. The van der Waals surface area contributed by atoms with Gasteiger partial charge in [-0.2, -0.15) is 0 Å². The van der Waals surface area contributed by atoms with E-state index in [-0.39, 0.29) is 17.9 Å². The molecule has 1 fully saturated rings. The fourth-order valence-electron chi connectivity index (χ4n) is 2.00. The van der Waals surface area contributed by atoms with Crippen molar-refractivity contribution in [3.05, 3.63) is 23.9 Å². The van der Waals surface area contributed by atoms with Crippen LogP contribution in [0.3, 0.4) is 0 Å². The first-order valence-corrected chi connectivity index (χ1v) is 6.46. The average Bonchev–Trinajstić information content (AvgIpc) is 2.82. The van der Waals surface area contributed by atoms with Crippen LogP contribution in [-0.4, -0.2) is 35.9 Å². The molecule has 1 saturated heterocycles. The maximum Gasteiger partial charge on any atom is 0.251 e. The van der Waals surface area contributed by atoms with Gasteiger partial charge < -0.3 is 16.0 Å². The van der Waals surface area contributed by atoms with Gasteiger partial charge in [0.25, 0.3) is 5.91 Å². The lowest BCUT2D eigenvalue weighted by molar-refractivity contribution is -0.119. The van der Waals surface area contributed by atoms with Crippen LogP contribution in [-0.2, 0) is 4.79 Å². The molecule has 0 saturated carbocycles. The van der Waals surface area contributed by atoms with E-state index in [1.165, 1.54) is 0 Å². The molecule has 2 amide bonds. The van der Waals surface area contributed by atoms with Gasteiger partial charge in [0, 0.05) is 37.3 Å². The highest BCUT2D eigenvalue weighted by Crippen LogP contribution is 2.08. The third-order valence-electron chi connectivity index (χ3n) is 2.97. The van der Waals surface area contributed by atoms with Crippen molar-refractivity contribution < 1.29 is 9.59 Å². The van der Waals surface area contributed by atoms with E-state index >= 15 is 0 Å². The van der Waals surface area contributed by atoms with E-state index in [0.29, 0.717) is 24.3 Å². The molecule has 6 nitrogen and oxygen atoms in total. The van der Waals surface area contributed by atoms with Gasteiger partial charge in [-0.05, 0) is 25.5 Å². The summed E-state index contributed by atoms with van der Waals surface area (Å²) >= 11 is 0. The largest absolute Gasteiger partial charge is 0.370 e. The minimum absolute atomic E-state index is 0.0477. The molecular formula is C13H18N4O2. The van der Waals surface area contributed by atoms with Crippen LogP contribution in [0.1, 0.15) is 30.1 Å². The first-order valence-electron chi connectivity index (χ1n) is 6.46. The number of hydrogen-bond acceptors (Lipinski definition) is 4. The number of aromatic nitrogens is 1. The third-order valence-corrected chi connectivity index (χ3v) is 2.97. The molecule has 0 bridgehead atoms. The number of pyridine rings is 1. The van der Waals surface area contributed by atoms with Crippen molar-refractivity contribution in [2.75, 3.05) is 18.4 Å². The molecule has 1 aliphatic heterocycles. The van der Waals surface area contributed by atoms with Gasteiger partial charge in [-0.15, -0.1) is 0 Å². The van der Waals surface area contributed by atoms with Gasteiger partial charge in [0.2, 0.25) is 5.91 Å². The first kappa shape index (κ1) is 13.3. The summed E-state index contributed by atoms with van der Waals surface area (Å²) in [7, 11) is 0. The van der Waals surface area contributed by atoms with E-state index in [1.54, 1.807) is 18.3 Å². The van der Waals surface area contributed by atoms with Crippen LogP contribution in [0.2, 0.25) is 0 Å². The molecule has 0 radical (unpaired) electrons. The summed E-state index contributed by atoms with van der Waals surface area (Å²) in [5.74, 6) is 0.588. The molecule has 3 N–H and O–H groups in total. The van der Waals surface area contributed by atoms with Gasteiger partial charge in [0.15, 0.2) is 0 Å². The molecule has 19 heavy (non-hydrogen) atoms. The Morgan fingerprint density at radius 2 is 2.42 bits per heavy atom. The molecule has 0 aromatic carbocycles. The maximum absolute atomic E-state index is 12.0. The van der Waals surface area contributed by atoms with Crippen LogP contribution in [0.5, 0.6) is 0 Å². The Morgan fingerprint density at radius 3 is 3.11 bits per heavy atom. The van der Waals surface area contributed by atoms with Gasteiger partial charge in [0.05, 0.1) is 0 Å². The molecule has 1 aromatic rings. The van der Waals surface area contributed by atoms with Gasteiger partial charge >= 0.3 is 0 Å². The van der Waals surface area contributed by atoms with Crippen molar-refractivity contribution in [1.29, 1.82) is 0 Å². The summed E-state index contributed by atoms with van der Waals surface area (Å²) in [5, 5.41) is 8.69. The molecule has 1 unspecified atom stereocenters.